The molecule has 0 unspecified atom stereocenters. The zero-order valence-corrected chi connectivity index (χ0v) is 11.1. The lowest BCUT2D eigenvalue weighted by atomic mass is 9.97. The molecule has 1 aromatic carbocycles. The fourth-order valence-corrected chi connectivity index (χ4v) is 1.75. The van der Waals surface area contributed by atoms with E-state index in [4.69, 9.17) is 14.3 Å². The van der Waals surface area contributed by atoms with Gasteiger partial charge in [0.25, 0.3) is 0 Å². The summed E-state index contributed by atoms with van der Waals surface area (Å²) in [4.78, 5) is 16.2. The summed E-state index contributed by atoms with van der Waals surface area (Å²) in [6.07, 6.45) is 0.495. The van der Waals surface area contributed by atoms with Crippen molar-refractivity contribution in [1.82, 2.24) is 0 Å². The Labute approximate surface area is 103 Å². The summed E-state index contributed by atoms with van der Waals surface area (Å²) < 4.78 is 5.79. The Balaban J connectivity index is 0.000000770. The van der Waals surface area contributed by atoms with Gasteiger partial charge in [-0.3, -0.25) is 0 Å². The Kier molecular flexibility index (Phi) is 6.92. The van der Waals surface area contributed by atoms with E-state index in [9.17, 15) is 0 Å². The Hall–Kier alpha value is -1.60. The highest BCUT2D eigenvalue weighted by molar-refractivity contribution is 5.41. The molecule has 0 bridgehead atoms. The van der Waals surface area contributed by atoms with Gasteiger partial charge in [0.1, 0.15) is 5.75 Å². The van der Waals surface area contributed by atoms with E-state index in [0.717, 1.165) is 5.75 Å². The molecule has 0 spiro atoms. The molecule has 0 atom stereocenters. The van der Waals surface area contributed by atoms with Crippen LogP contribution in [-0.2, 0) is 9.59 Å². The van der Waals surface area contributed by atoms with Gasteiger partial charge >= 0.3 is 6.15 Å². The average molecular weight is 236 g/mol. The minimum absolute atomic E-state index is 0.245. The third-order valence-electron chi connectivity index (χ3n) is 2.22. The highest BCUT2D eigenvalue weighted by Crippen LogP contribution is 2.29. The fraction of sp³-hybridized carbons (Fsp3) is 0.500. The summed E-state index contributed by atoms with van der Waals surface area (Å²) in [7, 11) is 0. The van der Waals surface area contributed by atoms with E-state index in [1.807, 2.05) is 0 Å². The molecule has 1 aromatic rings. The number of hydrogen-bond acceptors (Lipinski definition) is 3. The van der Waals surface area contributed by atoms with Crippen LogP contribution in [0.5, 0.6) is 5.75 Å². The van der Waals surface area contributed by atoms with Crippen LogP contribution < -0.4 is 4.74 Å². The largest absolute Gasteiger partial charge is 0.491 e. The number of aryl methyl sites for hydroxylation is 1. The summed E-state index contributed by atoms with van der Waals surface area (Å²) in [6, 6.07) is 6.25. The van der Waals surface area contributed by atoms with Crippen LogP contribution in [0.15, 0.2) is 18.2 Å². The van der Waals surface area contributed by atoms with Crippen molar-refractivity contribution in [2.75, 3.05) is 0 Å². The highest BCUT2D eigenvalue weighted by Gasteiger charge is 2.11. The van der Waals surface area contributed by atoms with Gasteiger partial charge in [0.05, 0.1) is 6.10 Å². The third-order valence-corrected chi connectivity index (χ3v) is 2.22. The fourth-order valence-electron chi connectivity index (χ4n) is 1.75. The third kappa shape index (κ3) is 5.32. The van der Waals surface area contributed by atoms with Crippen LogP contribution in [0.25, 0.3) is 0 Å². The molecule has 0 heterocycles. The maximum atomic E-state index is 8.12. The van der Waals surface area contributed by atoms with Crippen LogP contribution in [0.3, 0.4) is 0 Å². The molecular weight excluding hydrogens is 216 g/mol. The van der Waals surface area contributed by atoms with Crippen molar-refractivity contribution in [3.05, 3.63) is 29.3 Å². The van der Waals surface area contributed by atoms with Crippen molar-refractivity contribution in [3.8, 4) is 5.75 Å². The van der Waals surface area contributed by atoms with Gasteiger partial charge in [0, 0.05) is 0 Å². The van der Waals surface area contributed by atoms with Gasteiger partial charge < -0.3 is 4.74 Å². The first-order chi connectivity index (χ1) is 7.93. The SMILES string of the molecule is Cc1cccc(OC(C)C)c1C(C)C.O=C=O. The molecule has 0 saturated heterocycles. The maximum Gasteiger partial charge on any atom is 0.373 e. The van der Waals surface area contributed by atoms with Crippen molar-refractivity contribution >= 4 is 6.15 Å². The molecule has 0 aromatic heterocycles. The van der Waals surface area contributed by atoms with E-state index < -0.39 is 0 Å². The predicted molar refractivity (Wildman–Crippen MR) is 66.0 cm³/mol. The monoisotopic (exact) mass is 236 g/mol. The molecule has 0 aliphatic carbocycles. The molecule has 17 heavy (non-hydrogen) atoms. The maximum absolute atomic E-state index is 8.12. The number of carbonyl (C=O) groups excluding carboxylic acids is 2. The number of rotatable bonds is 3. The van der Waals surface area contributed by atoms with Crippen molar-refractivity contribution in [3.63, 3.8) is 0 Å². The lowest BCUT2D eigenvalue weighted by Gasteiger charge is -2.18. The summed E-state index contributed by atoms with van der Waals surface area (Å²) in [5.74, 6) is 1.56. The van der Waals surface area contributed by atoms with Gasteiger partial charge in [-0.2, -0.15) is 9.59 Å². The second kappa shape index (κ2) is 7.64. The number of ether oxygens (including phenoxy) is 1. The molecule has 0 amide bonds. The molecular formula is C14H20O3. The van der Waals surface area contributed by atoms with Gasteiger partial charge in [0.15, 0.2) is 0 Å². The minimum Gasteiger partial charge on any atom is -0.491 e. The van der Waals surface area contributed by atoms with Crippen LogP contribution in [0, 0.1) is 6.92 Å². The Morgan fingerprint density at radius 1 is 1.12 bits per heavy atom. The Morgan fingerprint density at radius 2 is 1.65 bits per heavy atom. The summed E-state index contributed by atoms with van der Waals surface area (Å²) in [5.41, 5.74) is 2.65. The zero-order valence-electron chi connectivity index (χ0n) is 11.1. The molecule has 1 rings (SSSR count). The molecule has 0 N–H and O–H groups in total. The Bertz CT molecular complexity index is 375. The van der Waals surface area contributed by atoms with Gasteiger partial charge in [-0.25, -0.2) is 0 Å². The van der Waals surface area contributed by atoms with Gasteiger partial charge in [-0.05, 0) is 43.9 Å². The van der Waals surface area contributed by atoms with Gasteiger partial charge in [0.2, 0.25) is 0 Å². The lowest BCUT2D eigenvalue weighted by Crippen LogP contribution is -2.08. The van der Waals surface area contributed by atoms with Crippen LogP contribution in [0.4, 0.5) is 0 Å². The van der Waals surface area contributed by atoms with E-state index in [0.29, 0.717) is 5.92 Å². The molecule has 0 aliphatic heterocycles. The first kappa shape index (κ1) is 15.4. The van der Waals surface area contributed by atoms with Crippen LogP contribution in [0.1, 0.15) is 44.7 Å². The van der Waals surface area contributed by atoms with Crippen molar-refractivity contribution in [1.29, 1.82) is 0 Å². The quantitative estimate of drug-likeness (QED) is 0.808. The van der Waals surface area contributed by atoms with E-state index in [1.165, 1.54) is 11.1 Å². The summed E-state index contributed by atoms with van der Waals surface area (Å²) in [6.45, 7) is 10.7. The van der Waals surface area contributed by atoms with E-state index in [2.05, 4.69) is 52.8 Å². The van der Waals surface area contributed by atoms with Gasteiger partial charge in [-0.1, -0.05) is 26.0 Å². The zero-order chi connectivity index (χ0) is 13.4. The van der Waals surface area contributed by atoms with Crippen LogP contribution in [0.2, 0.25) is 0 Å². The first-order valence-corrected chi connectivity index (χ1v) is 5.69. The standard InChI is InChI=1S/C13H20O.CO2/c1-9(2)13-11(5)7-6-8-12(13)14-10(3)4;2-1-3/h6-10H,1-5H3;. The number of benzene rings is 1. The van der Waals surface area contributed by atoms with E-state index in [-0.39, 0.29) is 12.3 Å². The lowest BCUT2D eigenvalue weighted by molar-refractivity contribution is -0.191. The first-order valence-electron chi connectivity index (χ1n) is 5.69. The van der Waals surface area contributed by atoms with E-state index in [1.54, 1.807) is 0 Å². The normalized spacial score (nSPS) is 9.59. The Morgan fingerprint density at radius 3 is 2.06 bits per heavy atom. The minimum atomic E-state index is 0.245. The molecule has 0 aliphatic rings. The molecule has 0 radical (unpaired) electrons. The highest BCUT2D eigenvalue weighted by atomic mass is 16.5. The predicted octanol–water partition coefficient (Wildman–Crippen LogP) is 3.32. The van der Waals surface area contributed by atoms with Crippen LogP contribution >= 0.6 is 0 Å². The van der Waals surface area contributed by atoms with Crippen molar-refractivity contribution in [2.24, 2.45) is 0 Å². The summed E-state index contributed by atoms with van der Waals surface area (Å²) >= 11 is 0. The summed E-state index contributed by atoms with van der Waals surface area (Å²) in [5, 5.41) is 0. The van der Waals surface area contributed by atoms with Crippen molar-refractivity contribution < 1.29 is 14.3 Å². The number of hydrogen-bond donors (Lipinski definition) is 0. The molecule has 94 valence electrons. The topological polar surface area (TPSA) is 43.4 Å². The van der Waals surface area contributed by atoms with Gasteiger partial charge in [-0.15, -0.1) is 0 Å². The average Bonchev–Trinajstić information content (AvgIpc) is 2.16. The molecule has 0 fully saturated rings. The molecule has 0 saturated carbocycles. The van der Waals surface area contributed by atoms with E-state index >= 15 is 0 Å². The van der Waals surface area contributed by atoms with Crippen molar-refractivity contribution in [2.45, 2.75) is 46.6 Å². The molecule has 3 nitrogen and oxygen atoms in total. The van der Waals surface area contributed by atoms with Crippen LogP contribution in [-0.4, -0.2) is 12.3 Å². The smallest absolute Gasteiger partial charge is 0.373 e. The molecule has 3 heteroatoms. The second-order valence-corrected chi connectivity index (χ2v) is 4.39. The second-order valence-electron chi connectivity index (χ2n) is 4.39.